The minimum atomic E-state index is 0.524. The molecule has 2 nitrogen and oxygen atoms in total. The van der Waals surface area contributed by atoms with Gasteiger partial charge in [0.25, 0.3) is 0 Å². The summed E-state index contributed by atoms with van der Waals surface area (Å²) in [5.74, 6) is 0.857. The third-order valence-corrected chi connectivity index (χ3v) is 5.51. The number of hydrogen-bond acceptors (Lipinski definition) is 2. The van der Waals surface area contributed by atoms with E-state index in [0.717, 1.165) is 12.5 Å². The van der Waals surface area contributed by atoms with Crippen LogP contribution in [0.15, 0.2) is 0 Å². The Balaban J connectivity index is 1.77. The van der Waals surface area contributed by atoms with Crippen molar-refractivity contribution in [3.8, 4) is 0 Å². The van der Waals surface area contributed by atoms with Crippen LogP contribution >= 0.6 is 0 Å². The Hall–Kier alpha value is -0.0800. The monoisotopic (exact) mass is 267 g/mol. The summed E-state index contributed by atoms with van der Waals surface area (Å²) in [6.07, 6.45) is 12.7. The summed E-state index contributed by atoms with van der Waals surface area (Å²) in [5, 5.41) is 3.61. The minimum Gasteiger partial charge on any atom is -0.378 e. The summed E-state index contributed by atoms with van der Waals surface area (Å²) in [5.41, 5.74) is 0.524. The normalized spacial score (nSPS) is 32.4. The average molecular weight is 267 g/mol. The number of ether oxygens (including phenoxy) is 1. The first-order valence-corrected chi connectivity index (χ1v) is 8.42. The van der Waals surface area contributed by atoms with Gasteiger partial charge in [0, 0.05) is 12.6 Å². The van der Waals surface area contributed by atoms with E-state index in [9.17, 15) is 0 Å². The van der Waals surface area contributed by atoms with Crippen LogP contribution in [0.2, 0.25) is 0 Å². The molecule has 0 radical (unpaired) electrons. The van der Waals surface area contributed by atoms with Gasteiger partial charge in [-0.05, 0) is 63.3 Å². The fraction of sp³-hybridized carbons (Fsp3) is 1.00. The molecule has 1 saturated heterocycles. The first-order valence-electron chi connectivity index (χ1n) is 8.42. The van der Waals surface area contributed by atoms with Gasteiger partial charge in [0.15, 0.2) is 0 Å². The van der Waals surface area contributed by atoms with E-state index in [1.54, 1.807) is 0 Å². The predicted octanol–water partition coefficient (Wildman–Crippen LogP) is 4.14. The molecule has 112 valence electrons. The molecule has 1 N–H and O–H groups in total. The summed E-state index contributed by atoms with van der Waals surface area (Å²) >= 11 is 0. The molecule has 2 aliphatic rings. The Morgan fingerprint density at radius 2 is 2.05 bits per heavy atom. The van der Waals surface area contributed by atoms with Gasteiger partial charge in [-0.2, -0.15) is 0 Å². The van der Waals surface area contributed by atoms with E-state index in [4.69, 9.17) is 4.74 Å². The lowest BCUT2D eigenvalue weighted by Gasteiger charge is -2.43. The molecule has 0 spiro atoms. The average Bonchev–Trinajstić information content (AvgIpc) is 2.88. The van der Waals surface area contributed by atoms with Gasteiger partial charge >= 0.3 is 0 Å². The third-order valence-electron chi connectivity index (χ3n) is 5.51. The molecule has 1 heterocycles. The van der Waals surface area contributed by atoms with Gasteiger partial charge < -0.3 is 10.1 Å². The first kappa shape index (κ1) is 15.3. The zero-order chi connectivity index (χ0) is 13.7. The lowest BCUT2D eigenvalue weighted by molar-refractivity contribution is 0.0847. The van der Waals surface area contributed by atoms with Crippen molar-refractivity contribution in [2.24, 2.45) is 11.3 Å². The van der Waals surface area contributed by atoms with Gasteiger partial charge in [-0.25, -0.2) is 0 Å². The highest BCUT2D eigenvalue weighted by Crippen LogP contribution is 2.43. The van der Waals surface area contributed by atoms with E-state index in [1.807, 2.05) is 0 Å². The highest BCUT2D eigenvalue weighted by molar-refractivity contribution is 4.90. The van der Waals surface area contributed by atoms with Crippen molar-refractivity contribution in [3.63, 3.8) is 0 Å². The van der Waals surface area contributed by atoms with E-state index in [0.29, 0.717) is 17.6 Å². The van der Waals surface area contributed by atoms with Gasteiger partial charge in [-0.3, -0.25) is 0 Å². The highest BCUT2D eigenvalue weighted by atomic mass is 16.5. The molecule has 3 unspecified atom stereocenters. The molecule has 2 rings (SSSR count). The van der Waals surface area contributed by atoms with E-state index in [-0.39, 0.29) is 0 Å². The maximum Gasteiger partial charge on any atom is 0.0576 e. The van der Waals surface area contributed by atoms with Crippen molar-refractivity contribution in [2.45, 2.75) is 83.8 Å². The van der Waals surface area contributed by atoms with Crippen molar-refractivity contribution >= 4 is 0 Å². The molecular weight excluding hydrogens is 234 g/mol. The molecule has 19 heavy (non-hydrogen) atoms. The Morgan fingerprint density at radius 1 is 1.21 bits per heavy atom. The zero-order valence-electron chi connectivity index (χ0n) is 13.2. The van der Waals surface area contributed by atoms with Gasteiger partial charge in [0.2, 0.25) is 0 Å². The number of hydrogen-bond donors (Lipinski definition) is 1. The van der Waals surface area contributed by atoms with Crippen LogP contribution in [0.1, 0.15) is 71.6 Å². The summed E-state index contributed by atoms with van der Waals surface area (Å²) in [7, 11) is 2.15. The largest absolute Gasteiger partial charge is 0.378 e. The van der Waals surface area contributed by atoms with E-state index in [1.165, 1.54) is 57.8 Å². The summed E-state index contributed by atoms with van der Waals surface area (Å²) < 4.78 is 5.73. The van der Waals surface area contributed by atoms with Gasteiger partial charge in [-0.1, -0.05) is 26.7 Å². The highest BCUT2D eigenvalue weighted by Gasteiger charge is 2.36. The molecule has 2 fully saturated rings. The van der Waals surface area contributed by atoms with Crippen LogP contribution in [-0.4, -0.2) is 25.8 Å². The third kappa shape index (κ3) is 4.19. The smallest absolute Gasteiger partial charge is 0.0576 e. The van der Waals surface area contributed by atoms with E-state index < -0.39 is 0 Å². The van der Waals surface area contributed by atoms with Crippen molar-refractivity contribution in [1.29, 1.82) is 0 Å². The molecule has 1 aliphatic heterocycles. The van der Waals surface area contributed by atoms with Crippen LogP contribution in [0.25, 0.3) is 0 Å². The van der Waals surface area contributed by atoms with Crippen LogP contribution in [0.4, 0.5) is 0 Å². The lowest BCUT2D eigenvalue weighted by Crippen LogP contribution is -2.43. The zero-order valence-corrected chi connectivity index (χ0v) is 13.2. The van der Waals surface area contributed by atoms with E-state index >= 15 is 0 Å². The molecule has 0 aromatic carbocycles. The summed E-state index contributed by atoms with van der Waals surface area (Å²) in [6.45, 7) is 5.94. The van der Waals surface area contributed by atoms with Crippen LogP contribution in [-0.2, 0) is 4.74 Å². The maximum atomic E-state index is 5.73. The first-order chi connectivity index (χ1) is 9.13. The molecule has 3 atom stereocenters. The molecule has 0 amide bonds. The Labute approximate surface area is 119 Å². The van der Waals surface area contributed by atoms with Crippen LogP contribution < -0.4 is 5.32 Å². The van der Waals surface area contributed by atoms with Gasteiger partial charge in [0.05, 0.1) is 6.10 Å². The molecule has 0 aromatic heterocycles. The Bertz CT molecular complexity index is 258. The quantitative estimate of drug-likeness (QED) is 0.781. The second-order valence-corrected chi connectivity index (χ2v) is 7.30. The fourth-order valence-electron chi connectivity index (χ4n) is 4.25. The van der Waals surface area contributed by atoms with Crippen molar-refractivity contribution < 1.29 is 4.74 Å². The topological polar surface area (TPSA) is 21.3 Å². The summed E-state index contributed by atoms with van der Waals surface area (Å²) in [4.78, 5) is 0. The van der Waals surface area contributed by atoms with Crippen LogP contribution in [0.3, 0.4) is 0 Å². The Kier molecular flexibility index (Phi) is 5.70. The van der Waals surface area contributed by atoms with Crippen LogP contribution in [0, 0.1) is 11.3 Å². The molecule has 0 bridgehead atoms. The van der Waals surface area contributed by atoms with Crippen molar-refractivity contribution in [2.75, 3.05) is 13.7 Å². The molecule has 2 heteroatoms. The second-order valence-electron chi connectivity index (χ2n) is 7.30. The maximum absolute atomic E-state index is 5.73. The SMILES string of the molecule is CNC(CCCC1CCCO1)C1CCCCC1(C)C. The molecule has 0 aromatic rings. The number of nitrogens with one attached hydrogen (secondary N) is 1. The van der Waals surface area contributed by atoms with Crippen molar-refractivity contribution in [1.82, 2.24) is 5.32 Å². The van der Waals surface area contributed by atoms with Gasteiger partial charge in [0.1, 0.15) is 0 Å². The van der Waals surface area contributed by atoms with Crippen molar-refractivity contribution in [3.05, 3.63) is 0 Å². The predicted molar refractivity (Wildman–Crippen MR) is 81.4 cm³/mol. The minimum absolute atomic E-state index is 0.524. The lowest BCUT2D eigenvalue weighted by atomic mass is 9.65. The molecule has 1 saturated carbocycles. The second kappa shape index (κ2) is 7.08. The molecular formula is C17H33NO. The Morgan fingerprint density at radius 3 is 2.68 bits per heavy atom. The standard InChI is InChI=1S/C17H33NO/c1-17(2)12-5-4-10-15(17)16(18-3)11-6-8-14-9-7-13-19-14/h14-16,18H,4-13H2,1-3H3. The van der Waals surface area contributed by atoms with Gasteiger partial charge in [-0.15, -0.1) is 0 Å². The fourth-order valence-corrected chi connectivity index (χ4v) is 4.25. The van der Waals surface area contributed by atoms with E-state index in [2.05, 4.69) is 26.2 Å². The molecule has 1 aliphatic carbocycles. The summed E-state index contributed by atoms with van der Waals surface area (Å²) in [6, 6.07) is 0.705. The van der Waals surface area contributed by atoms with Crippen LogP contribution in [0.5, 0.6) is 0 Å². The number of rotatable bonds is 6.